The molecule has 1 saturated heterocycles. The van der Waals surface area contributed by atoms with Crippen molar-refractivity contribution in [2.24, 2.45) is 0 Å². The number of carbonyl (C=O) groups is 1. The van der Waals surface area contributed by atoms with Crippen LogP contribution in [0.5, 0.6) is 0 Å². The molecule has 132 valence electrons. The van der Waals surface area contributed by atoms with E-state index in [9.17, 15) is 4.79 Å². The van der Waals surface area contributed by atoms with Crippen molar-refractivity contribution in [3.05, 3.63) is 60.4 Å². The second-order valence-electron chi connectivity index (χ2n) is 6.88. The predicted octanol–water partition coefficient (Wildman–Crippen LogP) is 3.01. The Morgan fingerprint density at radius 3 is 2.77 bits per heavy atom. The van der Waals surface area contributed by atoms with Crippen LogP contribution >= 0.6 is 0 Å². The number of rotatable bonds is 4. The molecular weight excluding hydrogens is 324 g/mol. The van der Waals surface area contributed by atoms with Gasteiger partial charge in [0, 0.05) is 45.0 Å². The smallest absolute Gasteiger partial charge is 0.217 e. The lowest BCUT2D eigenvalue weighted by Crippen LogP contribution is -2.35. The molecule has 2 heterocycles. The van der Waals surface area contributed by atoms with Gasteiger partial charge < -0.3 is 5.32 Å². The Morgan fingerprint density at radius 1 is 1.12 bits per heavy atom. The first-order chi connectivity index (χ1) is 12.7. The third kappa shape index (κ3) is 3.73. The van der Waals surface area contributed by atoms with Crippen molar-refractivity contribution in [3.8, 4) is 11.1 Å². The Labute approximate surface area is 153 Å². The number of nitrogens with one attached hydrogen (secondary N) is 1. The van der Waals surface area contributed by atoms with E-state index in [1.54, 1.807) is 19.3 Å². The van der Waals surface area contributed by atoms with Gasteiger partial charge in [0.15, 0.2) is 0 Å². The van der Waals surface area contributed by atoms with Gasteiger partial charge in [0.05, 0.1) is 11.0 Å². The van der Waals surface area contributed by atoms with E-state index in [1.807, 2.05) is 6.07 Å². The minimum atomic E-state index is 0.0539. The van der Waals surface area contributed by atoms with Crippen molar-refractivity contribution in [1.29, 1.82) is 0 Å². The minimum Gasteiger partial charge on any atom is -0.352 e. The number of likely N-dealkylation sites (tertiary alicyclic amines) is 1. The number of fused-ring (bicyclic) bond motifs is 1. The Hall–Kier alpha value is -2.79. The van der Waals surface area contributed by atoms with E-state index in [0.29, 0.717) is 0 Å². The summed E-state index contributed by atoms with van der Waals surface area (Å²) in [5, 5.41) is 3.02. The van der Waals surface area contributed by atoms with Crippen LogP contribution in [-0.2, 0) is 11.3 Å². The van der Waals surface area contributed by atoms with Crippen molar-refractivity contribution in [2.45, 2.75) is 25.9 Å². The van der Waals surface area contributed by atoms with Crippen molar-refractivity contribution in [3.63, 3.8) is 0 Å². The number of hydrogen-bond acceptors (Lipinski definition) is 4. The molecule has 0 spiro atoms. The van der Waals surface area contributed by atoms with Gasteiger partial charge in [0.1, 0.15) is 0 Å². The molecular formula is C21H22N4O. The summed E-state index contributed by atoms with van der Waals surface area (Å²) < 4.78 is 0. The molecule has 5 heteroatoms. The fourth-order valence-corrected chi connectivity index (χ4v) is 3.63. The SMILES string of the molecule is CC(=O)N[C@@H]1CCN(Cc2cccc(-c3ccc4nccnc4c3)c2)C1. The topological polar surface area (TPSA) is 58.1 Å². The molecule has 1 aromatic heterocycles. The monoisotopic (exact) mass is 346 g/mol. The molecule has 0 saturated carbocycles. The van der Waals surface area contributed by atoms with Crippen LogP contribution in [0.2, 0.25) is 0 Å². The van der Waals surface area contributed by atoms with Gasteiger partial charge in [-0.25, -0.2) is 0 Å². The molecule has 1 amide bonds. The lowest BCUT2D eigenvalue weighted by molar-refractivity contribution is -0.119. The van der Waals surface area contributed by atoms with Crippen molar-refractivity contribution in [1.82, 2.24) is 20.2 Å². The zero-order chi connectivity index (χ0) is 17.9. The van der Waals surface area contributed by atoms with Crippen molar-refractivity contribution < 1.29 is 4.79 Å². The van der Waals surface area contributed by atoms with Crippen LogP contribution < -0.4 is 5.32 Å². The van der Waals surface area contributed by atoms with E-state index < -0.39 is 0 Å². The van der Waals surface area contributed by atoms with Gasteiger partial charge in [-0.2, -0.15) is 0 Å². The first-order valence-corrected chi connectivity index (χ1v) is 8.97. The van der Waals surface area contributed by atoms with Crippen LogP contribution in [0.3, 0.4) is 0 Å². The fraction of sp³-hybridized carbons (Fsp3) is 0.286. The number of nitrogens with zero attached hydrogens (tertiary/aromatic N) is 3. The zero-order valence-corrected chi connectivity index (χ0v) is 14.9. The summed E-state index contributed by atoms with van der Waals surface area (Å²) in [5.41, 5.74) is 5.44. The number of carbonyl (C=O) groups excluding carboxylic acids is 1. The van der Waals surface area contributed by atoms with Crippen LogP contribution in [0.15, 0.2) is 54.9 Å². The molecule has 1 N–H and O–H groups in total. The molecule has 1 aliphatic heterocycles. The highest BCUT2D eigenvalue weighted by atomic mass is 16.1. The van der Waals surface area contributed by atoms with E-state index in [4.69, 9.17) is 0 Å². The maximum atomic E-state index is 11.2. The highest BCUT2D eigenvalue weighted by Gasteiger charge is 2.22. The van der Waals surface area contributed by atoms with E-state index >= 15 is 0 Å². The maximum Gasteiger partial charge on any atom is 0.217 e. The Morgan fingerprint density at radius 2 is 1.92 bits per heavy atom. The number of benzene rings is 2. The third-order valence-electron chi connectivity index (χ3n) is 4.82. The van der Waals surface area contributed by atoms with Crippen molar-refractivity contribution >= 4 is 16.9 Å². The van der Waals surface area contributed by atoms with Crippen LogP contribution in [0.4, 0.5) is 0 Å². The summed E-state index contributed by atoms with van der Waals surface area (Å²) in [6.07, 6.45) is 4.46. The highest BCUT2D eigenvalue weighted by Crippen LogP contribution is 2.24. The molecule has 0 aliphatic carbocycles. The Kier molecular flexibility index (Phi) is 4.63. The largest absolute Gasteiger partial charge is 0.352 e. The normalized spacial score (nSPS) is 17.5. The van der Waals surface area contributed by atoms with Crippen LogP contribution in [-0.4, -0.2) is 39.9 Å². The molecule has 26 heavy (non-hydrogen) atoms. The second kappa shape index (κ2) is 7.22. The fourth-order valence-electron chi connectivity index (χ4n) is 3.63. The van der Waals surface area contributed by atoms with Gasteiger partial charge in [-0.3, -0.25) is 19.7 Å². The number of hydrogen-bond donors (Lipinski definition) is 1. The second-order valence-corrected chi connectivity index (χ2v) is 6.88. The average molecular weight is 346 g/mol. The lowest BCUT2D eigenvalue weighted by Gasteiger charge is -2.17. The summed E-state index contributed by atoms with van der Waals surface area (Å²) in [6, 6.07) is 15.1. The quantitative estimate of drug-likeness (QED) is 0.789. The van der Waals surface area contributed by atoms with E-state index in [0.717, 1.165) is 42.7 Å². The van der Waals surface area contributed by atoms with Crippen LogP contribution in [0.1, 0.15) is 18.9 Å². The first kappa shape index (κ1) is 16.7. The van der Waals surface area contributed by atoms with Gasteiger partial charge in [-0.1, -0.05) is 24.3 Å². The Bertz CT molecular complexity index is 940. The predicted molar refractivity (Wildman–Crippen MR) is 102 cm³/mol. The number of aromatic nitrogens is 2. The number of amides is 1. The Balaban J connectivity index is 1.50. The third-order valence-corrected chi connectivity index (χ3v) is 4.82. The molecule has 2 aromatic carbocycles. The summed E-state index contributed by atoms with van der Waals surface area (Å²) >= 11 is 0. The van der Waals surface area contributed by atoms with E-state index in [-0.39, 0.29) is 11.9 Å². The summed E-state index contributed by atoms with van der Waals surface area (Å²) in [4.78, 5) is 22.3. The van der Waals surface area contributed by atoms with Gasteiger partial charge in [-0.15, -0.1) is 0 Å². The van der Waals surface area contributed by atoms with Crippen LogP contribution in [0.25, 0.3) is 22.2 Å². The van der Waals surface area contributed by atoms with Gasteiger partial charge in [-0.05, 0) is 41.3 Å². The molecule has 5 nitrogen and oxygen atoms in total. The van der Waals surface area contributed by atoms with Gasteiger partial charge >= 0.3 is 0 Å². The lowest BCUT2D eigenvalue weighted by atomic mass is 10.0. The summed E-state index contributed by atoms with van der Waals surface area (Å²) in [5.74, 6) is 0.0539. The molecule has 1 fully saturated rings. The first-order valence-electron chi connectivity index (χ1n) is 8.97. The molecule has 0 radical (unpaired) electrons. The molecule has 4 rings (SSSR count). The highest BCUT2D eigenvalue weighted by molar-refractivity contribution is 5.81. The van der Waals surface area contributed by atoms with Gasteiger partial charge in [0.25, 0.3) is 0 Å². The molecule has 3 aromatic rings. The van der Waals surface area contributed by atoms with Gasteiger partial charge in [0.2, 0.25) is 5.91 Å². The molecule has 0 unspecified atom stereocenters. The molecule has 1 aliphatic rings. The van der Waals surface area contributed by atoms with Crippen molar-refractivity contribution in [2.75, 3.05) is 13.1 Å². The zero-order valence-electron chi connectivity index (χ0n) is 14.9. The van der Waals surface area contributed by atoms with E-state index in [1.165, 1.54) is 11.1 Å². The van der Waals surface area contributed by atoms with Crippen LogP contribution in [0, 0.1) is 0 Å². The molecule has 1 atom stereocenters. The standard InChI is InChI=1S/C21H22N4O/c1-15(26)24-19-7-10-25(14-19)13-16-3-2-4-17(11-16)18-5-6-20-21(12-18)23-9-8-22-20/h2-6,8-9,11-12,19H,7,10,13-14H2,1H3,(H,24,26)/t19-/m1/s1. The summed E-state index contributed by atoms with van der Waals surface area (Å²) in [6.45, 7) is 4.41. The average Bonchev–Trinajstić information content (AvgIpc) is 3.07. The molecule has 0 bridgehead atoms. The maximum absolute atomic E-state index is 11.2. The minimum absolute atomic E-state index is 0.0539. The summed E-state index contributed by atoms with van der Waals surface area (Å²) in [7, 11) is 0. The van der Waals surface area contributed by atoms with E-state index in [2.05, 4.69) is 56.6 Å².